The van der Waals surface area contributed by atoms with Crippen LogP contribution in [0.5, 0.6) is 23.0 Å². The maximum atomic E-state index is 12.5. The topological polar surface area (TPSA) is 112 Å². The molecule has 2 aliphatic heterocycles. The molecule has 0 aliphatic carbocycles. The Morgan fingerprint density at radius 2 is 1.56 bits per heavy atom. The summed E-state index contributed by atoms with van der Waals surface area (Å²) in [6, 6.07) is 10.2. The molecule has 2 aliphatic rings. The molecule has 0 radical (unpaired) electrons. The van der Waals surface area contributed by atoms with Crippen LogP contribution in [0.25, 0.3) is 0 Å². The van der Waals surface area contributed by atoms with E-state index in [2.05, 4.69) is 10.0 Å². The molecule has 32 heavy (non-hydrogen) atoms. The lowest BCUT2D eigenvalue weighted by Gasteiger charge is -2.18. The van der Waals surface area contributed by atoms with E-state index in [0.29, 0.717) is 68.6 Å². The van der Waals surface area contributed by atoms with Crippen LogP contribution >= 0.6 is 0 Å². The number of rotatable bonds is 10. The first-order valence-corrected chi connectivity index (χ1v) is 12.0. The third-order valence-corrected chi connectivity index (χ3v) is 6.58. The number of carbonyl (C=O) groups is 1. The summed E-state index contributed by atoms with van der Waals surface area (Å²) in [5, 5.41) is 2.88. The van der Waals surface area contributed by atoms with E-state index in [0.717, 1.165) is 12.0 Å². The molecule has 1 amide bonds. The minimum Gasteiger partial charge on any atom is -0.486 e. The molecule has 0 atom stereocenters. The van der Waals surface area contributed by atoms with Gasteiger partial charge in [-0.3, -0.25) is 4.79 Å². The molecule has 4 rings (SSSR count). The molecule has 0 saturated heterocycles. The Morgan fingerprint density at radius 1 is 0.844 bits per heavy atom. The molecule has 0 aromatic heterocycles. The molecule has 0 saturated carbocycles. The molecule has 2 aromatic rings. The Morgan fingerprint density at radius 3 is 2.44 bits per heavy atom. The lowest BCUT2D eigenvalue weighted by Crippen LogP contribution is -2.25. The van der Waals surface area contributed by atoms with Crippen LogP contribution in [0.2, 0.25) is 0 Å². The number of amides is 1. The summed E-state index contributed by atoms with van der Waals surface area (Å²) < 4.78 is 49.0. The molecule has 0 bridgehead atoms. The first-order chi connectivity index (χ1) is 15.5. The standard InChI is InChI=1S/C22H26N2O7S/c25-22(23-14-16-5-7-19-20(12-16)31-15-30-19)4-2-1-3-9-24-32(26,27)17-6-8-18-21(13-17)29-11-10-28-18/h5-8,12-13,24H,1-4,9-11,14-15H2,(H,23,25). The second-order valence-corrected chi connectivity index (χ2v) is 9.25. The normalized spacial score (nSPS) is 14.2. The SMILES string of the molecule is O=C(CCCCCNS(=O)(=O)c1ccc2c(c1)OCCO2)NCc1ccc2c(c1)OCO2. The zero-order valence-corrected chi connectivity index (χ0v) is 18.4. The van der Waals surface area contributed by atoms with E-state index in [4.69, 9.17) is 18.9 Å². The molecule has 9 nitrogen and oxygen atoms in total. The lowest BCUT2D eigenvalue weighted by molar-refractivity contribution is -0.121. The van der Waals surface area contributed by atoms with Crippen molar-refractivity contribution in [3.63, 3.8) is 0 Å². The van der Waals surface area contributed by atoms with Gasteiger partial charge in [0.15, 0.2) is 23.0 Å². The molecule has 0 unspecified atom stereocenters. The Labute approximate surface area is 187 Å². The average Bonchev–Trinajstić information content (AvgIpc) is 3.27. The number of benzene rings is 2. The number of hydrogen-bond acceptors (Lipinski definition) is 7. The number of nitrogens with one attached hydrogen (secondary N) is 2. The number of ether oxygens (including phenoxy) is 4. The van der Waals surface area contributed by atoms with Gasteiger partial charge in [0.1, 0.15) is 13.2 Å². The molecule has 0 fully saturated rings. The summed E-state index contributed by atoms with van der Waals surface area (Å²) in [4.78, 5) is 12.2. The van der Waals surface area contributed by atoms with Gasteiger partial charge in [-0.2, -0.15) is 0 Å². The van der Waals surface area contributed by atoms with E-state index in [9.17, 15) is 13.2 Å². The van der Waals surface area contributed by atoms with Crippen LogP contribution in [-0.4, -0.2) is 40.9 Å². The predicted molar refractivity (Wildman–Crippen MR) is 116 cm³/mol. The van der Waals surface area contributed by atoms with Crippen LogP contribution in [0.4, 0.5) is 0 Å². The Hall–Kier alpha value is -2.98. The Balaban J connectivity index is 1.12. The summed E-state index contributed by atoms with van der Waals surface area (Å²) in [6.07, 6.45) is 2.44. The van der Waals surface area contributed by atoms with Crippen molar-refractivity contribution >= 4 is 15.9 Å². The fourth-order valence-corrected chi connectivity index (χ4v) is 4.50. The Kier molecular flexibility index (Phi) is 7.01. The predicted octanol–water partition coefficient (Wildman–Crippen LogP) is 2.34. The third-order valence-electron chi connectivity index (χ3n) is 5.12. The highest BCUT2D eigenvalue weighted by molar-refractivity contribution is 7.89. The molecule has 2 N–H and O–H groups in total. The smallest absolute Gasteiger partial charge is 0.240 e. The van der Waals surface area contributed by atoms with E-state index in [-0.39, 0.29) is 17.6 Å². The summed E-state index contributed by atoms with van der Waals surface area (Å²) in [5.74, 6) is 2.34. The highest BCUT2D eigenvalue weighted by atomic mass is 32.2. The quantitative estimate of drug-likeness (QED) is 0.521. The molecular formula is C22H26N2O7S. The largest absolute Gasteiger partial charge is 0.486 e. The minimum atomic E-state index is -3.62. The van der Waals surface area contributed by atoms with E-state index < -0.39 is 10.0 Å². The van der Waals surface area contributed by atoms with E-state index in [1.54, 1.807) is 6.07 Å². The summed E-state index contributed by atoms with van der Waals surface area (Å²) >= 11 is 0. The first kappa shape index (κ1) is 22.2. The molecule has 2 aromatic carbocycles. The fraction of sp³-hybridized carbons (Fsp3) is 0.409. The third kappa shape index (κ3) is 5.63. The first-order valence-electron chi connectivity index (χ1n) is 10.6. The van der Waals surface area contributed by atoms with Gasteiger partial charge in [0.25, 0.3) is 0 Å². The lowest BCUT2D eigenvalue weighted by atomic mass is 10.1. The second-order valence-electron chi connectivity index (χ2n) is 7.48. The number of unbranched alkanes of at least 4 members (excludes halogenated alkanes) is 2. The summed E-state index contributed by atoms with van der Waals surface area (Å²) in [5.41, 5.74) is 0.941. The van der Waals surface area contributed by atoms with Crippen molar-refractivity contribution in [2.75, 3.05) is 26.6 Å². The molecule has 0 spiro atoms. The van der Waals surface area contributed by atoms with Crippen LogP contribution in [0, 0.1) is 0 Å². The molecule has 172 valence electrons. The van der Waals surface area contributed by atoms with Gasteiger partial charge in [-0.15, -0.1) is 0 Å². The van der Waals surface area contributed by atoms with Crippen molar-refractivity contribution < 1.29 is 32.2 Å². The highest BCUT2D eigenvalue weighted by Gasteiger charge is 2.19. The highest BCUT2D eigenvalue weighted by Crippen LogP contribution is 2.33. The number of fused-ring (bicyclic) bond motifs is 2. The van der Waals surface area contributed by atoms with Crippen LogP contribution in [0.1, 0.15) is 31.2 Å². The monoisotopic (exact) mass is 462 g/mol. The van der Waals surface area contributed by atoms with Crippen molar-refractivity contribution in [3.8, 4) is 23.0 Å². The van der Waals surface area contributed by atoms with Gasteiger partial charge < -0.3 is 24.3 Å². The maximum Gasteiger partial charge on any atom is 0.240 e. The van der Waals surface area contributed by atoms with Gasteiger partial charge in [0.05, 0.1) is 4.90 Å². The minimum absolute atomic E-state index is 0.0421. The molecule has 2 heterocycles. The van der Waals surface area contributed by atoms with Gasteiger partial charge in [0, 0.05) is 25.6 Å². The van der Waals surface area contributed by atoms with E-state index in [1.807, 2.05) is 18.2 Å². The van der Waals surface area contributed by atoms with Crippen LogP contribution in [-0.2, 0) is 21.4 Å². The van der Waals surface area contributed by atoms with Crippen LogP contribution in [0.3, 0.4) is 0 Å². The zero-order valence-electron chi connectivity index (χ0n) is 17.6. The van der Waals surface area contributed by atoms with E-state index >= 15 is 0 Å². The van der Waals surface area contributed by atoms with Crippen molar-refractivity contribution in [2.24, 2.45) is 0 Å². The van der Waals surface area contributed by atoms with Gasteiger partial charge in [-0.1, -0.05) is 12.5 Å². The van der Waals surface area contributed by atoms with Gasteiger partial charge in [-0.05, 0) is 42.7 Å². The van der Waals surface area contributed by atoms with Gasteiger partial charge >= 0.3 is 0 Å². The number of carbonyl (C=O) groups excluding carboxylic acids is 1. The molecule has 10 heteroatoms. The average molecular weight is 463 g/mol. The molecular weight excluding hydrogens is 436 g/mol. The van der Waals surface area contributed by atoms with Crippen molar-refractivity contribution in [3.05, 3.63) is 42.0 Å². The maximum absolute atomic E-state index is 12.5. The van der Waals surface area contributed by atoms with Gasteiger partial charge in [-0.25, -0.2) is 13.1 Å². The van der Waals surface area contributed by atoms with Crippen LogP contribution in [0.15, 0.2) is 41.3 Å². The van der Waals surface area contributed by atoms with Crippen LogP contribution < -0.4 is 29.0 Å². The number of sulfonamides is 1. The summed E-state index contributed by atoms with van der Waals surface area (Å²) in [7, 11) is -3.62. The van der Waals surface area contributed by atoms with Crippen molar-refractivity contribution in [1.82, 2.24) is 10.0 Å². The van der Waals surface area contributed by atoms with E-state index in [1.165, 1.54) is 12.1 Å². The Bertz CT molecular complexity index is 1070. The number of hydrogen-bond donors (Lipinski definition) is 2. The summed E-state index contributed by atoms with van der Waals surface area (Å²) in [6.45, 7) is 1.79. The fourth-order valence-electron chi connectivity index (χ4n) is 3.41. The second kappa shape index (κ2) is 10.1. The van der Waals surface area contributed by atoms with Crippen molar-refractivity contribution in [2.45, 2.75) is 37.1 Å². The van der Waals surface area contributed by atoms with Gasteiger partial charge in [0.2, 0.25) is 22.7 Å². The zero-order chi connectivity index (χ0) is 22.4. The van der Waals surface area contributed by atoms with Crippen molar-refractivity contribution in [1.29, 1.82) is 0 Å².